The first-order chi connectivity index (χ1) is 11.7. The van der Waals surface area contributed by atoms with Gasteiger partial charge in [-0.05, 0) is 42.5 Å². The van der Waals surface area contributed by atoms with Crippen molar-refractivity contribution in [3.05, 3.63) is 75.3 Å². The zero-order chi connectivity index (χ0) is 16.3. The summed E-state index contributed by atoms with van der Waals surface area (Å²) in [5.74, 6) is 0.548. The second-order valence-corrected chi connectivity index (χ2v) is 6.22. The largest absolute Gasteiger partial charge is 0.333 e. The van der Waals surface area contributed by atoms with Crippen LogP contribution in [0, 0.1) is 0 Å². The number of rotatable bonds is 2. The summed E-state index contributed by atoms with van der Waals surface area (Å²) in [5, 5.41) is 0.516. The molecule has 0 aliphatic heterocycles. The summed E-state index contributed by atoms with van der Waals surface area (Å²) in [6, 6.07) is 9.45. The molecule has 1 aromatic carbocycles. The van der Waals surface area contributed by atoms with Crippen LogP contribution in [0.5, 0.6) is 0 Å². The van der Waals surface area contributed by atoms with Crippen molar-refractivity contribution in [3.8, 4) is 5.69 Å². The third-order valence-electron chi connectivity index (χ3n) is 4.62. The van der Waals surface area contributed by atoms with Gasteiger partial charge in [-0.3, -0.25) is 14.3 Å². The predicted octanol–water partition coefficient (Wildman–Crippen LogP) is 2.20. The van der Waals surface area contributed by atoms with Gasteiger partial charge in [-0.2, -0.15) is 0 Å². The summed E-state index contributed by atoms with van der Waals surface area (Å²) in [5.41, 5.74) is 2.48. The van der Waals surface area contributed by atoms with Crippen molar-refractivity contribution in [2.45, 2.75) is 18.8 Å². The van der Waals surface area contributed by atoms with Crippen LogP contribution in [0.4, 0.5) is 0 Å². The van der Waals surface area contributed by atoms with Gasteiger partial charge in [0.25, 0.3) is 5.56 Å². The Bertz CT molecular complexity index is 1210. The fourth-order valence-electron chi connectivity index (χ4n) is 3.22. The highest BCUT2D eigenvalue weighted by atomic mass is 16.2. The molecule has 0 amide bonds. The first kappa shape index (κ1) is 13.3. The SMILES string of the molecule is O=c1[nH]c(=O)n(-c2ccn3ccnc3c2)c2cc(C3CC3)ccc12. The zero-order valence-electron chi connectivity index (χ0n) is 12.8. The van der Waals surface area contributed by atoms with Crippen LogP contribution in [-0.2, 0) is 0 Å². The maximum Gasteiger partial charge on any atom is 0.333 e. The molecule has 1 saturated carbocycles. The van der Waals surface area contributed by atoms with Crippen molar-refractivity contribution in [3.63, 3.8) is 0 Å². The maximum atomic E-state index is 12.5. The van der Waals surface area contributed by atoms with Crippen LogP contribution in [-0.4, -0.2) is 18.9 Å². The van der Waals surface area contributed by atoms with Crippen LogP contribution in [0.2, 0.25) is 0 Å². The highest BCUT2D eigenvalue weighted by Crippen LogP contribution is 2.40. The molecule has 4 aromatic rings. The van der Waals surface area contributed by atoms with E-state index in [9.17, 15) is 9.59 Å². The van der Waals surface area contributed by atoms with Gasteiger partial charge in [0, 0.05) is 24.7 Å². The summed E-state index contributed by atoms with van der Waals surface area (Å²) in [6.07, 6.45) is 7.74. The predicted molar refractivity (Wildman–Crippen MR) is 90.9 cm³/mol. The van der Waals surface area contributed by atoms with Gasteiger partial charge in [-0.25, -0.2) is 9.78 Å². The molecule has 1 N–H and O–H groups in total. The lowest BCUT2D eigenvalue weighted by atomic mass is 10.1. The monoisotopic (exact) mass is 318 g/mol. The van der Waals surface area contributed by atoms with Gasteiger partial charge >= 0.3 is 5.69 Å². The fraction of sp³-hybridized carbons (Fsp3) is 0.167. The van der Waals surface area contributed by atoms with Crippen LogP contribution in [0.15, 0.2) is 58.5 Å². The zero-order valence-corrected chi connectivity index (χ0v) is 12.8. The number of pyridine rings is 1. The van der Waals surface area contributed by atoms with Crippen molar-refractivity contribution in [2.24, 2.45) is 0 Å². The number of aromatic nitrogens is 4. The van der Waals surface area contributed by atoms with Gasteiger partial charge in [0.2, 0.25) is 0 Å². The van der Waals surface area contributed by atoms with Crippen molar-refractivity contribution in [1.29, 1.82) is 0 Å². The molecular formula is C18H14N4O2. The number of nitrogens with zero attached hydrogens (tertiary/aromatic N) is 3. The van der Waals surface area contributed by atoms with Gasteiger partial charge in [0.1, 0.15) is 5.65 Å². The Balaban J connectivity index is 1.86. The standard InChI is InChI=1S/C18H14N4O2/c23-17-14-4-3-12(11-1-2-11)9-15(14)22(18(24)20-17)13-5-7-21-8-6-19-16(21)10-13/h3-11H,1-2H2,(H,20,23,24). The van der Waals surface area contributed by atoms with E-state index in [-0.39, 0.29) is 5.56 Å². The van der Waals surface area contributed by atoms with E-state index in [4.69, 9.17) is 0 Å². The molecule has 1 aliphatic rings. The number of benzene rings is 1. The van der Waals surface area contributed by atoms with Gasteiger partial charge in [0.05, 0.1) is 16.6 Å². The Labute approximate surface area is 136 Å². The van der Waals surface area contributed by atoms with Gasteiger partial charge in [0.15, 0.2) is 0 Å². The number of aromatic amines is 1. The molecule has 3 heterocycles. The van der Waals surface area contributed by atoms with Crippen LogP contribution in [0.1, 0.15) is 24.3 Å². The maximum absolute atomic E-state index is 12.5. The Kier molecular flexibility index (Phi) is 2.59. The molecule has 0 radical (unpaired) electrons. The van der Waals surface area contributed by atoms with Crippen LogP contribution in [0.3, 0.4) is 0 Å². The molecular weight excluding hydrogens is 304 g/mol. The quantitative estimate of drug-likeness (QED) is 0.616. The van der Waals surface area contributed by atoms with E-state index in [0.29, 0.717) is 22.5 Å². The Morgan fingerprint density at radius 1 is 1.08 bits per heavy atom. The lowest BCUT2D eigenvalue weighted by Crippen LogP contribution is -2.29. The number of hydrogen-bond donors (Lipinski definition) is 1. The number of hydrogen-bond acceptors (Lipinski definition) is 3. The molecule has 0 saturated heterocycles. The van der Waals surface area contributed by atoms with E-state index < -0.39 is 5.69 Å². The van der Waals surface area contributed by atoms with Crippen LogP contribution >= 0.6 is 0 Å². The van der Waals surface area contributed by atoms with E-state index in [0.717, 1.165) is 5.65 Å². The highest BCUT2D eigenvalue weighted by Gasteiger charge is 2.24. The van der Waals surface area contributed by atoms with E-state index in [1.807, 2.05) is 47.1 Å². The molecule has 0 spiro atoms. The summed E-state index contributed by atoms with van der Waals surface area (Å²) >= 11 is 0. The van der Waals surface area contributed by atoms with E-state index in [1.165, 1.54) is 18.4 Å². The normalized spacial score (nSPS) is 14.5. The minimum Gasteiger partial charge on any atom is -0.307 e. The Morgan fingerprint density at radius 2 is 1.96 bits per heavy atom. The molecule has 6 nitrogen and oxygen atoms in total. The molecule has 3 aromatic heterocycles. The molecule has 24 heavy (non-hydrogen) atoms. The average Bonchev–Trinajstić information content (AvgIpc) is 3.32. The summed E-state index contributed by atoms with van der Waals surface area (Å²) < 4.78 is 3.43. The lowest BCUT2D eigenvalue weighted by Gasteiger charge is -2.11. The molecule has 1 fully saturated rings. The smallest absolute Gasteiger partial charge is 0.307 e. The molecule has 0 bridgehead atoms. The molecule has 0 atom stereocenters. The lowest BCUT2D eigenvalue weighted by molar-refractivity contribution is 0.936. The van der Waals surface area contributed by atoms with Crippen molar-refractivity contribution >= 4 is 16.6 Å². The van der Waals surface area contributed by atoms with Gasteiger partial charge in [-0.15, -0.1) is 0 Å². The molecule has 0 unspecified atom stereocenters. The Hall–Kier alpha value is -3.15. The van der Waals surface area contributed by atoms with Crippen LogP contribution in [0.25, 0.3) is 22.2 Å². The molecule has 6 heteroatoms. The second-order valence-electron chi connectivity index (χ2n) is 6.22. The second kappa shape index (κ2) is 4.67. The molecule has 5 rings (SSSR count). The topological polar surface area (TPSA) is 72.2 Å². The molecule has 1 aliphatic carbocycles. The summed E-state index contributed by atoms with van der Waals surface area (Å²) in [4.78, 5) is 31.3. The third-order valence-corrected chi connectivity index (χ3v) is 4.62. The molecule has 118 valence electrons. The van der Waals surface area contributed by atoms with Crippen molar-refractivity contribution in [1.82, 2.24) is 18.9 Å². The Morgan fingerprint density at radius 3 is 2.79 bits per heavy atom. The fourth-order valence-corrected chi connectivity index (χ4v) is 3.22. The number of nitrogens with one attached hydrogen (secondary N) is 1. The number of imidazole rings is 1. The van der Waals surface area contributed by atoms with Crippen molar-refractivity contribution in [2.75, 3.05) is 0 Å². The summed E-state index contributed by atoms with van der Waals surface area (Å²) in [6.45, 7) is 0. The van der Waals surface area contributed by atoms with E-state index in [1.54, 1.807) is 10.8 Å². The third kappa shape index (κ3) is 1.93. The van der Waals surface area contributed by atoms with E-state index >= 15 is 0 Å². The average molecular weight is 318 g/mol. The minimum atomic E-state index is -0.434. The minimum absolute atomic E-state index is 0.351. The van der Waals surface area contributed by atoms with Crippen LogP contribution < -0.4 is 11.2 Å². The first-order valence-corrected chi connectivity index (χ1v) is 7.93. The highest BCUT2D eigenvalue weighted by molar-refractivity contribution is 5.80. The summed E-state index contributed by atoms with van der Waals surface area (Å²) in [7, 11) is 0. The van der Waals surface area contributed by atoms with Gasteiger partial charge in [-0.1, -0.05) is 6.07 Å². The number of fused-ring (bicyclic) bond motifs is 2. The first-order valence-electron chi connectivity index (χ1n) is 7.93. The van der Waals surface area contributed by atoms with E-state index in [2.05, 4.69) is 9.97 Å². The number of H-pyrrole nitrogens is 1. The van der Waals surface area contributed by atoms with Crippen molar-refractivity contribution < 1.29 is 0 Å². The van der Waals surface area contributed by atoms with Gasteiger partial charge < -0.3 is 4.40 Å².